The first-order valence-corrected chi connectivity index (χ1v) is 10.1. The van der Waals surface area contributed by atoms with Gasteiger partial charge in [0.1, 0.15) is 11.5 Å². The smallest absolute Gasteiger partial charge is 0.343 e. The highest BCUT2D eigenvalue weighted by atomic mass is 127. The van der Waals surface area contributed by atoms with Crippen molar-refractivity contribution in [1.82, 2.24) is 0 Å². The second kappa shape index (κ2) is 7.52. The van der Waals surface area contributed by atoms with Gasteiger partial charge in [-0.3, -0.25) is 4.79 Å². The molecule has 0 fully saturated rings. The van der Waals surface area contributed by atoms with Crippen LogP contribution in [0.2, 0.25) is 0 Å². The SMILES string of the molecule is COc1ccc(OC(=O)c2ccc(PI)cc2)c(C=O)c1. The van der Waals surface area contributed by atoms with Crippen LogP contribution in [0.5, 0.6) is 11.5 Å². The monoisotopic (exact) mass is 414 g/mol. The van der Waals surface area contributed by atoms with Crippen molar-refractivity contribution < 1.29 is 19.1 Å². The van der Waals surface area contributed by atoms with E-state index in [4.69, 9.17) is 9.47 Å². The summed E-state index contributed by atoms with van der Waals surface area (Å²) in [6.07, 6.45) is 1.28. The normalized spacial score (nSPS) is 10.6. The quantitative estimate of drug-likeness (QED) is 0.248. The molecule has 2 aromatic rings. The molecule has 4 nitrogen and oxygen atoms in total. The number of esters is 1. The molecule has 0 aliphatic heterocycles. The van der Waals surface area contributed by atoms with E-state index < -0.39 is 5.97 Å². The van der Waals surface area contributed by atoms with Crippen molar-refractivity contribution in [2.45, 2.75) is 0 Å². The minimum absolute atomic E-state index is 0.218. The Morgan fingerprint density at radius 2 is 1.90 bits per heavy atom. The first kappa shape index (κ1) is 15.9. The van der Waals surface area contributed by atoms with E-state index >= 15 is 0 Å². The standard InChI is InChI=1S/C15H12IO4P/c1-19-12-4-7-14(11(8-12)9-17)20-15(18)10-2-5-13(21-16)6-3-10/h2-9,21H,1H3. The van der Waals surface area contributed by atoms with Crippen molar-refractivity contribution in [3.05, 3.63) is 53.6 Å². The van der Waals surface area contributed by atoms with E-state index in [9.17, 15) is 9.59 Å². The molecule has 0 saturated heterocycles. The van der Waals surface area contributed by atoms with Crippen molar-refractivity contribution in [3.8, 4) is 11.5 Å². The highest BCUT2D eigenvalue weighted by Gasteiger charge is 2.12. The highest BCUT2D eigenvalue weighted by molar-refractivity contribution is 14.2. The first-order chi connectivity index (χ1) is 10.2. The number of carbonyl (C=O) groups excluding carboxylic acids is 2. The van der Waals surface area contributed by atoms with E-state index in [2.05, 4.69) is 22.0 Å². The molecule has 0 saturated carbocycles. The molecule has 6 heteroatoms. The third kappa shape index (κ3) is 4.02. The van der Waals surface area contributed by atoms with Crippen LogP contribution in [-0.2, 0) is 0 Å². The van der Waals surface area contributed by atoms with Crippen LogP contribution in [0.4, 0.5) is 0 Å². The predicted molar refractivity (Wildman–Crippen MR) is 91.8 cm³/mol. The summed E-state index contributed by atoms with van der Waals surface area (Å²) < 4.78 is 10.3. The van der Waals surface area contributed by atoms with Crippen molar-refractivity contribution in [2.75, 3.05) is 7.11 Å². The molecule has 0 aliphatic rings. The zero-order valence-electron chi connectivity index (χ0n) is 11.1. The maximum atomic E-state index is 12.1. The lowest BCUT2D eigenvalue weighted by atomic mass is 10.2. The average Bonchev–Trinajstić information content (AvgIpc) is 2.55. The predicted octanol–water partition coefficient (Wildman–Crippen LogP) is 3.38. The summed E-state index contributed by atoms with van der Waals surface area (Å²) in [5.74, 6) is 0.256. The molecule has 0 bridgehead atoms. The van der Waals surface area contributed by atoms with Crippen LogP contribution in [-0.4, -0.2) is 19.4 Å². The lowest BCUT2D eigenvalue weighted by Gasteiger charge is -2.08. The minimum atomic E-state index is -0.494. The van der Waals surface area contributed by atoms with Gasteiger partial charge in [0.05, 0.1) is 18.2 Å². The van der Waals surface area contributed by atoms with E-state index in [1.807, 2.05) is 12.1 Å². The van der Waals surface area contributed by atoms with Gasteiger partial charge in [0.2, 0.25) is 0 Å². The number of aldehydes is 1. The largest absolute Gasteiger partial charge is 0.497 e. The summed E-state index contributed by atoms with van der Waals surface area (Å²) in [6, 6.07) is 11.9. The number of ether oxygens (including phenoxy) is 2. The Labute approximate surface area is 137 Å². The number of carbonyl (C=O) groups is 2. The number of hydrogen-bond acceptors (Lipinski definition) is 4. The molecule has 1 atom stereocenters. The van der Waals surface area contributed by atoms with Crippen LogP contribution < -0.4 is 14.8 Å². The number of rotatable bonds is 5. The maximum absolute atomic E-state index is 12.1. The van der Waals surface area contributed by atoms with Crippen LogP contribution in [0.25, 0.3) is 0 Å². The Morgan fingerprint density at radius 3 is 2.48 bits per heavy atom. The summed E-state index contributed by atoms with van der Waals surface area (Å²) in [5.41, 5.74) is 0.717. The Balaban J connectivity index is 2.20. The second-order valence-corrected chi connectivity index (χ2v) is 6.47. The van der Waals surface area contributed by atoms with Gasteiger partial charge in [0.25, 0.3) is 0 Å². The lowest BCUT2D eigenvalue weighted by molar-refractivity contribution is 0.0733. The third-order valence-electron chi connectivity index (χ3n) is 2.78. The van der Waals surface area contributed by atoms with E-state index in [0.717, 1.165) is 5.30 Å². The highest BCUT2D eigenvalue weighted by Crippen LogP contribution is 2.24. The molecule has 1 unspecified atom stereocenters. The Morgan fingerprint density at radius 1 is 1.19 bits per heavy atom. The van der Waals surface area contributed by atoms with Gasteiger partial charge in [-0.05, 0) is 41.9 Å². The van der Waals surface area contributed by atoms with Crippen molar-refractivity contribution >= 4 is 45.8 Å². The Kier molecular flexibility index (Phi) is 5.70. The molecule has 2 rings (SSSR count). The molecule has 0 heterocycles. The Bertz CT molecular complexity index is 655. The summed E-state index contributed by atoms with van der Waals surface area (Å²) in [6.45, 7) is 0. The summed E-state index contributed by atoms with van der Waals surface area (Å²) in [7, 11) is 1.50. The zero-order valence-corrected chi connectivity index (χ0v) is 14.3. The average molecular weight is 414 g/mol. The van der Waals surface area contributed by atoms with Gasteiger partial charge in [-0.1, -0.05) is 34.2 Å². The molecule has 21 heavy (non-hydrogen) atoms. The van der Waals surface area contributed by atoms with Crippen LogP contribution in [0.15, 0.2) is 42.5 Å². The molecule has 0 N–H and O–H groups in total. The second-order valence-electron chi connectivity index (χ2n) is 4.08. The van der Waals surface area contributed by atoms with E-state index in [1.54, 1.807) is 24.3 Å². The fourth-order valence-corrected chi connectivity index (χ4v) is 3.04. The topological polar surface area (TPSA) is 52.6 Å². The van der Waals surface area contributed by atoms with Crippen molar-refractivity contribution in [3.63, 3.8) is 0 Å². The molecule has 2 aromatic carbocycles. The number of methoxy groups -OCH3 is 1. The minimum Gasteiger partial charge on any atom is -0.497 e. The van der Waals surface area contributed by atoms with Gasteiger partial charge in [0, 0.05) is 0 Å². The summed E-state index contributed by atoms with van der Waals surface area (Å²) in [4.78, 5) is 23.1. The molecule has 0 aliphatic carbocycles. The molecule has 108 valence electrons. The van der Waals surface area contributed by atoms with Crippen LogP contribution in [0, 0.1) is 0 Å². The molecule has 0 radical (unpaired) electrons. The van der Waals surface area contributed by atoms with Gasteiger partial charge in [-0.2, -0.15) is 0 Å². The molecular formula is C15H12IO4P. The van der Waals surface area contributed by atoms with Crippen LogP contribution in [0.1, 0.15) is 20.7 Å². The van der Waals surface area contributed by atoms with E-state index in [1.165, 1.54) is 13.2 Å². The van der Waals surface area contributed by atoms with Gasteiger partial charge < -0.3 is 9.47 Å². The van der Waals surface area contributed by atoms with E-state index in [-0.39, 0.29) is 11.3 Å². The van der Waals surface area contributed by atoms with Gasteiger partial charge in [-0.25, -0.2) is 4.79 Å². The van der Waals surface area contributed by atoms with Gasteiger partial charge >= 0.3 is 5.97 Å². The zero-order chi connectivity index (χ0) is 15.2. The molecule has 0 aromatic heterocycles. The first-order valence-electron chi connectivity index (χ1n) is 6.00. The lowest BCUT2D eigenvalue weighted by Crippen LogP contribution is -2.10. The number of benzene rings is 2. The van der Waals surface area contributed by atoms with E-state index in [0.29, 0.717) is 23.8 Å². The number of halogens is 1. The summed E-state index contributed by atoms with van der Waals surface area (Å²) >= 11 is 2.28. The Hall–Kier alpha value is -1.46. The van der Waals surface area contributed by atoms with Gasteiger partial charge in [-0.15, -0.1) is 0 Å². The van der Waals surface area contributed by atoms with Crippen LogP contribution in [0.3, 0.4) is 0 Å². The fraction of sp³-hybridized carbons (Fsp3) is 0.0667. The molecular weight excluding hydrogens is 402 g/mol. The maximum Gasteiger partial charge on any atom is 0.343 e. The van der Waals surface area contributed by atoms with Crippen LogP contribution >= 0.6 is 28.3 Å². The molecule has 0 amide bonds. The number of hydrogen-bond donors (Lipinski definition) is 0. The summed E-state index contributed by atoms with van der Waals surface area (Å²) in [5, 5.41) is 1.16. The molecule has 0 spiro atoms. The third-order valence-corrected chi connectivity index (χ3v) is 5.20. The fourth-order valence-electron chi connectivity index (χ4n) is 1.67. The van der Waals surface area contributed by atoms with Crippen molar-refractivity contribution in [1.29, 1.82) is 0 Å². The van der Waals surface area contributed by atoms with Crippen molar-refractivity contribution in [2.24, 2.45) is 0 Å². The van der Waals surface area contributed by atoms with Gasteiger partial charge in [0.15, 0.2) is 6.29 Å².